The molecule has 0 bridgehead atoms. The van der Waals surface area contributed by atoms with E-state index in [0.29, 0.717) is 17.3 Å². The Kier molecular flexibility index (Phi) is 3.56. The highest BCUT2D eigenvalue weighted by atomic mass is 16.5. The van der Waals surface area contributed by atoms with Crippen LogP contribution in [-0.2, 0) is 4.74 Å². The molecule has 1 amide bonds. The fourth-order valence-electron chi connectivity index (χ4n) is 1.59. The van der Waals surface area contributed by atoms with Crippen LogP contribution in [0.1, 0.15) is 6.92 Å². The molecular weight excluding hydrogens is 248 g/mol. The third-order valence-electron chi connectivity index (χ3n) is 2.39. The molecule has 1 aromatic rings. The number of ether oxygens (including phenoxy) is 1. The quantitative estimate of drug-likeness (QED) is 0.849. The number of benzene rings is 1. The predicted molar refractivity (Wildman–Crippen MR) is 70.1 cm³/mol. The van der Waals surface area contributed by atoms with Crippen LogP contribution in [-0.4, -0.2) is 29.4 Å². The van der Waals surface area contributed by atoms with Crippen molar-refractivity contribution in [2.75, 3.05) is 12.1 Å². The Balaban J connectivity index is 2.34. The van der Waals surface area contributed by atoms with Gasteiger partial charge in [0.25, 0.3) is 0 Å². The molecule has 1 aliphatic heterocycles. The van der Waals surface area contributed by atoms with Crippen molar-refractivity contribution in [3.8, 4) is 0 Å². The standard InChI is InChI=1S/C12H14N4O3/c1-9-8-11(19-2)14-16(13-9)15(12(17)18)10-6-4-3-5-7-10/h3-8,13H,1-2H3,(H,17,18). The van der Waals surface area contributed by atoms with E-state index in [1.807, 2.05) is 6.07 Å². The number of hydrazone groups is 1. The topological polar surface area (TPSA) is 77.4 Å². The van der Waals surface area contributed by atoms with E-state index >= 15 is 0 Å². The number of nitrogens with one attached hydrogen (secondary N) is 1. The van der Waals surface area contributed by atoms with Crippen LogP contribution in [0.3, 0.4) is 0 Å². The first-order chi connectivity index (χ1) is 9.11. The SMILES string of the molecule is COC1=NN(N(C(=O)O)c2ccccc2)NC(C)=C1. The summed E-state index contributed by atoms with van der Waals surface area (Å²) in [5, 5.41) is 15.5. The highest BCUT2D eigenvalue weighted by Crippen LogP contribution is 2.17. The van der Waals surface area contributed by atoms with Crippen molar-refractivity contribution < 1.29 is 14.6 Å². The predicted octanol–water partition coefficient (Wildman–Crippen LogP) is 1.77. The smallest absolute Gasteiger partial charge is 0.434 e. The maximum Gasteiger partial charge on any atom is 0.434 e. The monoisotopic (exact) mass is 262 g/mol. The lowest BCUT2D eigenvalue weighted by molar-refractivity contribution is 0.146. The Morgan fingerprint density at radius 3 is 2.68 bits per heavy atom. The van der Waals surface area contributed by atoms with Crippen molar-refractivity contribution in [3.63, 3.8) is 0 Å². The van der Waals surface area contributed by atoms with Gasteiger partial charge < -0.3 is 9.84 Å². The van der Waals surface area contributed by atoms with Gasteiger partial charge >= 0.3 is 6.09 Å². The summed E-state index contributed by atoms with van der Waals surface area (Å²) in [6, 6.07) is 8.65. The summed E-state index contributed by atoms with van der Waals surface area (Å²) in [6.45, 7) is 1.78. The van der Waals surface area contributed by atoms with E-state index in [0.717, 1.165) is 10.2 Å². The number of para-hydroxylation sites is 1. The maximum atomic E-state index is 11.4. The number of anilines is 1. The largest absolute Gasteiger partial charge is 0.480 e. The van der Waals surface area contributed by atoms with E-state index in [1.165, 1.54) is 7.11 Å². The zero-order valence-electron chi connectivity index (χ0n) is 10.6. The molecule has 0 radical (unpaired) electrons. The number of amides is 1. The highest BCUT2D eigenvalue weighted by Gasteiger charge is 2.24. The summed E-state index contributed by atoms with van der Waals surface area (Å²) in [4.78, 5) is 11.4. The minimum Gasteiger partial charge on any atom is -0.480 e. The van der Waals surface area contributed by atoms with E-state index in [1.54, 1.807) is 37.3 Å². The van der Waals surface area contributed by atoms with Gasteiger partial charge in [0, 0.05) is 11.8 Å². The van der Waals surface area contributed by atoms with Crippen molar-refractivity contribution in [1.82, 2.24) is 10.7 Å². The molecule has 1 heterocycles. The minimum atomic E-state index is -1.16. The maximum absolute atomic E-state index is 11.4. The number of carbonyl (C=O) groups is 1. The summed E-state index contributed by atoms with van der Waals surface area (Å²) < 4.78 is 5.03. The molecule has 0 unspecified atom stereocenters. The molecule has 7 heteroatoms. The Bertz CT molecular complexity index is 527. The molecule has 0 spiro atoms. The third-order valence-corrected chi connectivity index (χ3v) is 2.39. The van der Waals surface area contributed by atoms with Crippen LogP contribution in [0.2, 0.25) is 0 Å². The molecule has 0 aromatic heterocycles. The molecule has 100 valence electrons. The number of hydrazine groups is 2. The molecule has 1 aliphatic rings. The number of rotatable bonds is 2. The van der Waals surface area contributed by atoms with Gasteiger partial charge in [-0.15, -0.1) is 5.01 Å². The first kappa shape index (κ1) is 12.7. The van der Waals surface area contributed by atoms with Gasteiger partial charge in [-0.25, -0.2) is 4.79 Å². The van der Waals surface area contributed by atoms with Gasteiger partial charge in [0.15, 0.2) is 0 Å². The van der Waals surface area contributed by atoms with Gasteiger partial charge in [-0.3, -0.25) is 5.43 Å². The molecule has 0 saturated carbocycles. The van der Waals surface area contributed by atoms with Gasteiger partial charge in [0.1, 0.15) is 0 Å². The van der Waals surface area contributed by atoms with Gasteiger partial charge in [0.05, 0.1) is 12.8 Å². The molecule has 1 aromatic carbocycles. The van der Waals surface area contributed by atoms with E-state index in [9.17, 15) is 9.90 Å². The summed E-state index contributed by atoms with van der Waals surface area (Å²) in [5.41, 5.74) is 4.02. The number of methoxy groups -OCH3 is 1. The fourth-order valence-corrected chi connectivity index (χ4v) is 1.59. The van der Waals surface area contributed by atoms with Crippen LogP contribution in [0.5, 0.6) is 0 Å². The van der Waals surface area contributed by atoms with Crippen molar-refractivity contribution in [1.29, 1.82) is 0 Å². The molecule has 0 aliphatic carbocycles. The minimum absolute atomic E-state index is 0.318. The van der Waals surface area contributed by atoms with Crippen LogP contribution >= 0.6 is 0 Å². The van der Waals surface area contributed by atoms with E-state index in [2.05, 4.69) is 10.5 Å². The molecule has 0 atom stereocenters. The van der Waals surface area contributed by atoms with E-state index < -0.39 is 6.09 Å². The molecule has 7 nitrogen and oxygen atoms in total. The highest BCUT2D eigenvalue weighted by molar-refractivity contribution is 5.90. The van der Waals surface area contributed by atoms with Crippen LogP contribution < -0.4 is 10.4 Å². The van der Waals surface area contributed by atoms with Crippen LogP contribution in [0.25, 0.3) is 0 Å². The second-order valence-corrected chi connectivity index (χ2v) is 3.80. The van der Waals surface area contributed by atoms with Crippen LogP contribution in [0.4, 0.5) is 10.5 Å². The molecular formula is C12H14N4O3. The number of hydrogen-bond acceptors (Lipinski definition) is 5. The Labute approximate surface area is 110 Å². The second-order valence-electron chi connectivity index (χ2n) is 3.80. The Morgan fingerprint density at radius 2 is 2.11 bits per heavy atom. The van der Waals surface area contributed by atoms with Gasteiger partial charge in [-0.05, 0) is 19.1 Å². The molecule has 19 heavy (non-hydrogen) atoms. The average molecular weight is 262 g/mol. The number of nitrogens with zero attached hydrogens (tertiary/aromatic N) is 3. The first-order valence-electron chi connectivity index (χ1n) is 5.57. The van der Waals surface area contributed by atoms with Crippen LogP contribution in [0.15, 0.2) is 47.2 Å². The van der Waals surface area contributed by atoms with Gasteiger partial charge in [-0.2, -0.15) is 0 Å². The fraction of sp³-hybridized carbons (Fsp3) is 0.167. The van der Waals surface area contributed by atoms with Crippen LogP contribution in [0, 0.1) is 0 Å². The van der Waals surface area contributed by atoms with E-state index in [4.69, 9.17) is 4.74 Å². The normalized spacial score (nSPS) is 14.1. The summed E-state index contributed by atoms with van der Waals surface area (Å²) >= 11 is 0. The van der Waals surface area contributed by atoms with E-state index in [-0.39, 0.29) is 0 Å². The lowest BCUT2D eigenvalue weighted by Crippen LogP contribution is -2.51. The first-order valence-corrected chi connectivity index (χ1v) is 5.57. The third kappa shape index (κ3) is 2.76. The Hall–Kier alpha value is -2.70. The zero-order valence-corrected chi connectivity index (χ0v) is 10.6. The molecule has 2 rings (SSSR count). The number of hydrogen-bond donors (Lipinski definition) is 2. The van der Waals surface area contributed by atoms with Crippen molar-refractivity contribution in [3.05, 3.63) is 42.1 Å². The number of carboxylic acid groups (broad SMARTS) is 1. The molecule has 2 N–H and O–H groups in total. The average Bonchev–Trinajstić information content (AvgIpc) is 2.39. The number of allylic oxidation sites excluding steroid dienone is 1. The summed E-state index contributed by atoms with van der Waals surface area (Å²) in [5.74, 6) is 0.318. The molecule has 0 fully saturated rings. The zero-order chi connectivity index (χ0) is 13.8. The van der Waals surface area contributed by atoms with Gasteiger partial charge in [-0.1, -0.05) is 28.5 Å². The lowest BCUT2D eigenvalue weighted by atomic mass is 10.3. The summed E-state index contributed by atoms with van der Waals surface area (Å²) in [7, 11) is 1.47. The summed E-state index contributed by atoms with van der Waals surface area (Å²) in [6.07, 6.45) is 0.509. The van der Waals surface area contributed by atoms with Crippen molar-refractivity contribution in [2.24, 2.45) is 5.10 Å². The second kappa shape index (κ2) is 5.30. The van der Waals surface area contributed by atoms with Gasteiger partial charge in [0.2, 0.25) is 5.90 Å². The van der Waals surface area contributed by atoms with Crippen molar-refractivity contribution in [2.45, 2.75) is 6.92 Å². The molecule has 0 saturated heterocycles. The Morgan fingerprint density at radius 1 is 1.42 bits per heavy atom. The lowest BCUT2D eigenvalue weighted by Gasteiger charge is -2.32. The van der Waals surface area contributed by atoms with Crippen molar-refractivity contribution >= 4 is 17.7 Å².